The summed E-state index contributed by atoms with van der Waals surface area (Å²) in [5.41, 5.74) is 0. The van der Waals surface area contributed by atoms with Crippen molar-refractivity contribution in [1.29, 1.82) is 0 Å². The van der Waals surface area contributed by atoms with Gasteiger partial charge in [0, 0.05) is 0 Å². The van der Waals surface area contributed by atoms with Crippen LogP contribution in [0.4, 0.5) is 0 Å². The summed E-state index contributed by atoms with van der Waals surface area (Å²) in [6.07, 6.45) is -5.34. The molecule has 0 spiro atoms. The van der Waals surface area contributed by atoms with Gasteiger partial charge in [0.1, 0.15) is 18.2 Å². The van der Waals surface area contributed by atoms with Crippen LogP contribution in [0.25, 0.3) is 0 Å². The Bertz CT molecular complexity index is 186. The van der Waals surface area contributed by atoms with E-state index in [-0.39, 0.29) is 0 Å². The smallest absolute Gasteiger partial charge is 0.209 e. The number of Topliss-reactive ketones (excluding diaryl/α,β-unsaturated/α-hetero) is 1. The highest BCUT2D eigenvalue weighted by molar-refractivity contribution is 6.33. The first-order valence-corrected chi connectivity index (χ1v) is 3.17. The van der Waals surface area contributed by atoms with Gasteiger partial charge < -0.3 is 25.2 Å². The predicted octanol–water partition coefficient (Wildman–Crippen LogP) is -3.59. The van der Waals surface area contributed by atoms with Crippen LogP contribution in [0.3, 0.4) is 0 Å². The molecular formula is C6H9O6-. The lowest BCUT2D eigenvalue weighted by Crippen LogP contribution is -2.48. The lowest BCUT2D eigenvalue weighted by atomic mass is 10.1. The minimum atomic E-state index is -2.14. The Kier molecular flexibility index (Phi) is 3.81. The van der Waals surface area contributed by atoms with Crippen LogP contribution in [0.15, 0.2) is 0 Å². The number of hydrogen-bond donors (Lipinski definition) is 3. The summed E-state index contributed by atoms with van der Waals surface area (Å²) in [6.45, 7) is 1.11. The lowest BCUT2D eigenvalue weighted by Gasteiger charge is -2.18. The molecule has 0 rings (SSSR count). The fraction of sp³-hybridized carbons (Fsp3) is 0.667. The molecule has 3 atom stereocenters. The van der Waals surface area contributed by atoms with Crippen molar-refractivity contribution in [2.75, 3.05) is 0 Å². The normalized spacial score (nSPS) is 18.0. The number of carbonyl (C=O) groups excluding carboxylic acids is 2. The van der Waals surface area contributed by atoms with Gasteiger partial charge in [0.05, 0.1) is 6.10 Å². The van der Waals surface area contributed by atoms with Crippen molar-refractivity contribution < 1.29 is 30.0 Å². The summed E-state index contributed by atoms with van der Waals surface area (Å²) in [7, 11) is 0. The molecule has 6 heteroatoms. The Balaban J connectivity index is 4.29. The van der Waals surface area contributed by atoms with Crippen LogP contribution in [0.5, 0.6) is 0 Å². The summed E-state index contributed by atoms with van der Waals surface area (Å²) in [4.78, 5) is 20.3. The van der Waals surface area contributed by atoms with Crippen LogP contribution >= 0.6 is 0 Å². The number of aliphatic hydroxyl groups is 3. The van der Waals surface area contributed by atoms with Crippen LogP contribution in [-0.4, -0.2) is 45.4 Å². The molecule has 3 N–H and O–H groups in total. The zero-order chi connectivity index (χ0) is 9.89. The van der Waals surface area contributed by atoms with Gasteiger partial charge in [-0.1, -0.05) is 0 Å². The van der Waals surface area contributed by atoms with E-state index < -0.39 is 30.1 Å². The molecule has 70 valence electrons. The number of aliphatic carboxylic acids is 1. The first kappa shape index (κ1) is 11.0. The van der Waals surface area contributed by atoms with Gasteiger partial charge in [0.2, 0.25) is 5.78 Å². The van der Waals surface area contributed by atoms with Crippen molar-refractivity contribution in [3.05, 3.63) is 0 Å². The molecule has 0 radical (unpaired) electrons. The van der Waals surface area contributed by atoms with E-state index in [2.05, 4.69) is 0 Å². The van der Waals surface area contributed by atoms with Crippen molar-refractivity contribution in [2.24, 2.45) is 0 Å². The first-order valence-electron chi connectivity index (χ1n) is 3.17. The van der Waals surface area contributed by atoms with E-state index in [1.54, 1.807) is 0 Å². The van der Waals surface area contributed by atoms with Gasteiger partial charge in [0.15, 0.2) is 0 Å². The number of carboxylic acid groups (broad SMARTS) is 1. The maximum atomic E-state index is 10.4. The van der Waals surface area contributed by atoms with E-state index in [1.165, 1.54) is 0 Å². The number of ketones is 1. The first-order chi connectivity index (χ1) is 5.37. The molecular weight excluding hydrogens is 168 g/mol. The molecule has 0 saturated heterocycles. The van der Waals surface area contributed by atoms with Gasteiger partial charge in [-0.25, -0.2) is 0 Å². The molecule has 0 heterocycles. The third-order valence-electron chi connectivity index (χ3n) is 1.29. The molecule has 0 aliphatic carbocycles. The fourth-order valence-electron chi connectivity index (χ4n) is 0.540. The third kappa shape index (κ3) is 2.57. The van der Waals surface area contributed by atoms with E-state index in [1.807, 2.05) is 0 Å². The average Bonchev–Trinajstić information content (AvgIpc) is 2.00. The van der Waals surface area contributed by atoms with E-state index in [0.29, 0.717) is 0 Å². The predicted molar refractivity (Wildman–Crippen MR) is 33.7 cm³/mol. The van der Waals surface area contributed by atoms with E-state index in [4.69, 9.17) is 15.3 Å². The highest BCUT2D eigenvalue weighted by atomic mass is 16.4. The van der Waals surface area contributed by atoms with Crippen molar-refractivity contribution in [2.45, 2.75) is 25.2 Å². The van der Waals surface area contributed by atoms with E-state index in [0.717, 1.165) is 6.92 Å². The molecule has 0 aromatic carbocycles. The second-order valence-electron chi connectivity index (χ2n) is 2.33. The summed E-state index contributed by atoms with van der Waals surface area (Å²) in [5, 5.41) is 36.0. The quantitative estimate of drug-likeness (QED) is 0.382. The molecule has 0 fully saturated rings. The largest absolute Gasteiger partial charge is 0.542 e. The number of carboxylic acids is 1. The lowest BCUT2D eigenvalue weighted by molar-refractivity contribution is -0.301. The van der Waals surface area contributed by atoms with Gasteiger partial charge >= 0.3 is 0 Å². The van der Waals surface area contributed by atoms with Gasteiger partial charge in [-0.3, -0.25) is 4.79 Å². The Morgan fingerprint density at radius 3 is 1.92 bits per heavy atom. The minimum absolute atomic E-state index is 1.11. The SMILES string of the molecule is C[C@@H](O)[C@H](O)[C@H](O)C(=O)C(=O)[O-]. The van der Waals surface area contributed by atoms with Gasteiger partial charge in [-0.15, -0.1) is 0 Å². The molecule has 0 amide bonds. The molecule has 12 heavy (non-hydrogen) atoms. The van der Waals surface area contributed by atoms with Gasteiger partial charge in [0.25, 0.3) is 0 Å². The topological polar surface area (TPSA) is 118 Å². The monoisotopic (exact) mass is 177 g/mol. The van der Waals surface area contributed by atoms with Crippen LogP contribution in [-0.2, 0) is 9.59 Å². The van der Waals surface area contributed by atoms with Gasteiger partial charge in [-0.2, -0.15) is 0 Å². The molecule has 0 aliphatic heterocycles. The minimum Gasteiger partial charge on any atom is -0.542 e. The zero-order valence-corrected chi connectivity index (χ0v) is 6.30. The van der Waals surface area contributed by atoms with E-state index in [9.17, 15) is 14.7 Å². The average molecular weight is 177 g/mol. The highest BCUT2D eigenvalue weighted by Crippen LogP contribution is 2.00. The second kappa shape index (κ2) is 4.15. The highest BCUT2D eigenvalue weighted by Gasteiger charge is 2.28. The van der Waals surface area contributed by atoms with Crippen molar-refractivity contribution in [3.63, 3.8) is 0 Å². The van der Waals surface area contributed by atoms with Crippen LogP contribution in [0.2, 0.25) is 0 Å². The maximum absolute atomic E-state index is 10.4. The summed E-state index contributed by atoms with van der Waals surface area (Å²) in [5.74, 6) is -3.74. The van der Waals surface area contributed by atoms with Crippen LogP contribution in [0, 0.1) is 0 Å². The second-order valence-corrected chi connectivity index (χ2v) is 2.33. The number of carbonyl (C=O) groups is 2. The Morgan fingerprint density at radius 2 is 1.67 bits per heavy atom. The summed E-state index contributed by atoms with van der Waals surface area (Å²) in [6, 6.07) is 0. The number of rotatable bonds is 4. The standard InChI is InChI=1S/C6H10O6/c1-2(7)3(8)4(9)5(10)6(11)12/h2-4,7-9H,1H3,(H,11,12)/p-1/t2-,3+,4+/m1/s1. The zero-order valence-electron chi connectivity index (χ0n) is 6.30. The molecule has 0 aliphatic rings. The molecule has 0 aromatic heterocycles. The Labute approximate surface area is 68.1 Å². The number of hydrogen-bond acceptors (Lipinski definition) is 6. The van der Waals surface area contributed by atoms with Crippen molar-refractivity contribution in [1.82, 2.24) is 0 Å². The van der Waals surface area contributed by atoms with Crippen LogP contribution in [0.1, 0.15) is 6.92 Å². The third-order valence-corrected chi connectivity index (χ3v) is 1.29. The Hall–Kier alpha value is -0.980. The van der Waals surface area contributed by atoms with Gasteiger partial charge in [-0.05, 0) is 6.92 Å². The van der Waals surface area contributed by atoms with Crippen molar-refractivity contribution >= 4 is 11.8 Å². The Morgan fingerprint density at radius 1 is 1.25 bits per heavy atom. The maximum Gasteiger partial charge on any atom is 0.209 e. The molecule has 0 saturated carbocycles. The molecule has 0 aromatic rings. The fourth-order valence-corrected chi connectivity index (χ4v) is 0.540. The van der Waals surface area contributed by atoms with Crippen LogP contribution < -0.4 is 5.11 Å². The van der Waals surface area contributed by atoms with Crippen molar-refractivity contribution in [3.8, 4) is 0 Å². The summed E-state index contributed by atoms with van der Waals surface area (Å²) < 4.78 is 0. The summed E-state index contributed by atoms with van der Waals surface area (Å²) >= 11 is 0. The molecule has 0 bridgehead atoms. The molecule has 6 nitrogen and oxygen atoms in total. The van der Waals surface area contributed by atoms with E-state index >= 15 is 0 Å². The molecule has 0 unspecified atom stereocenters. The number of aliphatic hydroxyl groups excluding tert-OH is 3.